The molecule has 0 aliphatic carbocycles. The summed E-state index contributed by atoms with van der Waals surface area (Å²) in [6.45, 7) is 6.55. The fraction of sp³-hybridized carbons (Fsp3) is 0.391. The number of likely N-dealkylation sites (tertiary alicyclic amines) is 1. The molecule has 28 heavy (non-hydrogen) atoms. The van der Waals surface area contributed by atoms with Crippen LogP contribution in [0.4, 0.5) is 0 Å². The molecule has 1 fully saturated rings. The zero-order valence-electron chi connectivity index (χ0n) is 16.5. The number of para-hydroxylation sites is 1. The Morgan fingerprint density at radius 3 is 2.64 bits per heavy atom. The number of aromatic nitrogens is 2. The highest BCUT2D eigenvalue weighted by atomic mass is 32.2. The maximum atomic E-state index is 12.3. The summed E-state index contributed by atoms with van der Waals surface area (Å²) < 4.78 is 0. The zero-order chi connectivity index (χ0) is 19.5. The third-order valence-electron chi connectivity index (χ3n) is 5.75. The van der Waals surface area contributed by atoms with Crippen LogP contribution in [0.25, 0.3) is 10.9 Å². The molecular weight excluding hydrogens is 366 g/mol. The van der Waals surface area contributed by atoms with Gasteiger partial charge in [-0.3, -0.25) is 9.69 Å². The lowest BCUT2D eigenvalue weighted by Crippen LogP contribution is -2.36. The average Bonchev–Trinajstić information content (AvgIpc) is 2.73. The van der Waals surface area contributed by atoms with Gasteiger partial charge in [-0.1, -0.05) is 42.5 Å². The van der Waals surface area contributed by atoms with Gasteiger partial charge in [-0.15, -0.1) is 0 Å². The number of thioether (sulfide) groups is 1. The van der Waals surface area contributed by atoms with Crippen LogP contribution in [0.2, 0.25) is 0 Å². The smallest absolute Gasteiger partial charge is 0.258 e. The molecule has 1 atom stereocenters. The van der Waals surface area contributed by atoms with Gasteiger partial charge >= 0.3 is 0 Å². The van der Waals surface area contributed by atoms with E-state index in [1.807, 2.05) is 36.9 Å². The van der Waals surface area contributed by atoms with Crippen LogP contribution in [-0.2, 0) is 5.75 Å². The molecule has 2 aromatic carbocycles. The van der Waals surface area contributed by atoms with E-state index in [1.165, 1.54) is 18.4 Å². The lowest BCUT2D eigenvalue weighted by Gasteiger charge is -2.36. The average molecular weight is 394 g/mol. The number of aromatic amines is 1. The molecular formula is C23H27N3OS. The van der Waals surface area contributed by atoms with Crippen molar-refractivity contribution in [1.29, 1.82) is 0 Å². The molecule has 146 valence electrons. The van der Waals surface area contributed by atoms with Gasteiger partial charge in [-0.2, -0.15) is 11.8 Å². The van der Waals surface area contributed by atoms with Crippen molar-refractivity contribution in [3.8, 4) is 0 Å². The fourth-order valence-corrected chi connectivity index (χ4v) is 5.06. The normalized spacial score (nSPS) is 17.1. The Balaban J connectivity index is 1.35. The van der Waals surface area contributed by atoms with Crippen molar-refractivity contribution in [1.82, 2.24) is 14.9 Å². The Labute approximate surface area is 170 Å². The van der Waals surface area contributed by atoms with Gasteiger partial charge in [0, 0.05) is 11.3 Å². The number of piperidine rings is 1. The molecule has 0 saturated carbocycles. The number of aryl methyl sites for hydroxylation is 1. The Morgan fingerprint density at radius 1 is 1.14 bits per heavy atom. The maximum Gasteiger partial charge on any atom is 0.258 e. The Bertz CT molecular complexity index is 994. The zero-order valence-corrected chi connectivity index (χ0v) is 17.3. The van der Waals surface area contributed by atoms with Crippen LogP contribution in [0.3, 0.4) is 0 Å². The van der Waals surface area contributed by atoms with Gasteiger partial charge in [0.25, 0.3) is 5.56 Å². The highest BCUT2D eigenvalue weighted by Crippen LogP contribution is 2.30. The van der Waals surface area contributed by atoms with E-state index in [4.69, 9.17) is 4.98 Å². The molecule has 1 unspecified atom stereocenters. The fourth-order valence-electron chi connectivity index (χ4n) is 3.99. The topological polar surface area (TPSA) is 49.0 Å². The third kappa shape index (κ3) is 4.15. The first-order chi connectivity index (χ1) is 13.6. The first-order valence-corrected chi connectivity index (χ1v) is 11.1. The van der Waals surface area contributed by atoms with E-state index < -0.39 is 0 Å². The molecule has 4 rings (SSSR count). The highest BCUT2D eigenvalue weighted by molar-refractivity contribution is 7.99. The van der Waals surface area contributed by atoms with Crippen molar-refractivity contribution >= 4 is 22.7 Å². The summed E-state index contributed by atoms with van der Waals surface area (Å²) in [5, 5.41) is 1.30. The predicted octanol–water partition coefficient (Wildman–Crippen LogP) is 4.69. The molecule has 2 heterocycles. The quantitative estimate of drug-likeness (QED) is 0.683. The second-order valence-electron chi connectivity index (χ2n) is 7.62. The SMILES string of the molecule is Cc1cccc2c(=O)[nH]c(CSC3CCN(C(C)c4ccccc4)CC3)nc12. The Morgan fingerprint density at radius 2 is 1.89 bits per heavy atom. The summed E-state index contributed by atoms with van der Waals surface area (Å²) in [7, 11) is 0. The van der Waals surface area contributed by atoms with Gasteiger partial charge < -0.3 is 4.98 Å². The van der Waals surface area contributed by atoms with Gasteiger partial charge in [-0.05, 0) is 57.0 Å². The molecule has 0 amide bonds. The largest absolute Gasteiger partial charge is 0.309 e. The van der Waals surface area contributed by atoms with Crippen molar-refractivity contribution < 1.29 is 0 Å². The summed E-state index contributed by atoms with van der Waals surface area (Å²) in [6.07, 6.45) is 2.36. The molecule has 1 aromatic heterocycles. The predicted molar refractivity (Wildman–Crippen MR) is 118 cm³/mol. The molecule has 1 saturated heterocycles. The van der Waals surface area contributed by atoms with Gasteiger partial charge in [0.15, 0.2) is 0 Å². The minimum absolute atomic E-state index is 0.0317. The van der Waals surface area contributed by atoms with Crippen LogP contribution in [0.5, 0.6) is 0 Å². The molecule has 4 nitrogen and oxygen atoms in total. The lowest BCUT2D eigenvalue weighted by atomic mass is 10.0. The molecule has 1 N–H and O–H groups in total. The Kier molecular flexibility index (Phi) is 5.83. The van der Waals surface area contributed by atoms with Crippen LogP contribution >= 0.6 is 11.8 Å². The van der Waals surface area contributed by atoms with Gasteiger partial charge in [-0.25, -0.2) is 4.98 Å². The van der Waals surface area contributed by atoms with E-state index in [2.05, 4.69) is 47.1 Å². The van der Waals surface area contributed by atoms with Crippen LogP contribution in [0, 0.1) is 6.92 Å². The van der Waals surface area contributed by atoms with Crippen LogP contribution < -0.4 is 5.56 Å². The second kappa shape index (κ2) is 8.50. The van der Waals surface area contributed by atoms with E-state index in [9.17, 15) is 4.79 Å². The Hall–Kier alpha value is -2.11. The highest BCUT2D eigenvalue weighted by Gasteiger charge is 2.24. The minimum Gasteiger partial charge on any atom is -0.309 e. The van der Waals surface area contributed by atoms with Gasteiger partial charge in [0.1, 0.15) is 5.82 Å². The van der Waals surface area contributed by atoms with Crippen molar-refractivity contribution in [3.05, 3.63) is 75.8 Å². The van der Waals surface area contributed by atoms with E-state index in [1.54, 1.807) is 0 Å². The second-order valence-corrected chi connectivity index (χ2v) is 8.91. The molecule has 5 heteroatoms. The molecule has 1 aliphatic rings. The molecule has 3 aromatic rings. The first kappa shape index (κ1) is 19.2. The minimum atomic E-state index is -0.0317. The number of nitrogens with zero attached hydrogens (tertiary/aromatic N) is 2. The monoisotopic (exact) mass is 393 g/mol. The lowest BCUT2D eigenvalue weighted by molar-refractivity contribution is 0.178. The van der Waals surface area contributed by atoms with Gasteiger partial charge in [0.2, 0.25) is 0 Å². The number of H-pyrrole nitrogens is 1. The van der Waals surface area contributed by atoms with Gasteiger partial charge in [0.05, 0.1) is 16.7 Å². The van der Waals surface area contributed by atoms with Crippen molar-refractivity contribution in [2.75, 3.05) is 13.1 Å². The molecule has 0 radical (unpaired) electrons. The number of hydrogen-bond acceptors (Lipinski definition) is 4. The van der Waals surface area contributed by atoms with Crippen LogP contribution in [-0.4, -0.2) is 33.2 Å². The summed E-state index contributed by atoms with van der Waals surface area (Å²) in [4.78, 5) is 22.6. The third-order valence-corrected chi connectivity index (χ3v) is 7.13. The number of hydrogen-bond donors (Lipinski definition) is 1. The van der Waals surface area contributed by atoms with Crippen LogP contribution in [0.15, 0.2) is 53.3 Å². The van der Waals surface area contributed by atoms with Crippen molar-refractivity contribution in [2.45, 2.75) is 43.7 Å². The van der Waals surface area contributed by atoms with E-state index in [-0.39, 0.29) is 5.56 Å². The summed E-state index contributed by atoms with van der Waals surface area (Å²) in [5.41, 5.74) is 3.24. The van der Waals surface area contributed by atoms with Crippen LogP contribution in [0.1, 0.15) is 42.8 Å². The summed E-state index contributed by atoms with van der Waals surface area (Å²) >= 11 is 1.92. The standard InChI is InChI=1S/C23H27N3OS/c1-16-7-6-10-20-22(16)24-21(25-23(20)27)15-28-19-11-13-26(14-12-19)17(2)18-8-4-3-5-9-18/h3-10,17,19H,11-15H2,1-2H3,(H,24,25,27). The number of nitrogens with one attached hydrogen (secondary N) is 1. The first-order valence-electron chi connectivity index (χ1n) is 10.0. The molecule has 0 bridgehead atoms. The maximum absolute atomic E-state index is 12.3. The van der Waals surface area contributed by atoms with E-state index in [0.29, 0.717) is 16.7 Å². The summed E-state index contributed by atoms with van der Waals surface area (Å²) in [5.74, 6) is 1.55. The molecule has 1 aliphatic heterocycles. The van der Waals surface area contributed by atoms with Crippen molar-refractivity contribution in [3.63, 3.8) is 0 Å². The van der Waals surface area contributed by atoms with E-state index >= 15 is 0 Å². The number of benzene rings is 2. The van der Waals surface area contributed by atoms with E-state index in [0.717, 1.165) is 35.7 Å². The van der Waals surface area contributed by atoms with Crippen molar-refractivity contribution in [2.24, 2.45) is 0 Å². The molecule has 0 spiro atoms. The summed E-state index contributed by atoms with van der Waals surface area (Å²) in [6, 6.07) is 17.0. The number of fused-ring (bicyclic) bond motifs is 1. The number of rotatable bonds is 5.